The van der Waals surface area contributed by atoms with Crippen molar-refractivity contribution in [3.8, 4) is 0 Å². The van der Waals surface area contributed by atoms with Crippen LogP contribution in [0.2, 0.25) is 0 Å². The maximum atomic E-state index is 5.67. The second kappa shape index (κ2) is 11.1. The lowest BCUT2D eigenvalue weighted by atomic mass is 10.3. The third-order valence-electron chi connectivity index (χ3n) is 6.73. The van der Waals surface area contributed by atoms with Crippen LogP contribution in [-0.4, -0.2) is 59.2 Å². The Morgan fingerprint density at radius 1 is 0.571 bits per heavy atom. The lowest BCUT2D eigenvalue weighted by Gasteiger charge is -1.98. The first-order valence-corrected chi connectivity index (χ1v) is 13.2. The highest BCUT2D eigenvalue weighted by atomic mass is 15.5. The largest absolute Gasteiger partial charge is 0.312 e. The Morgan fingerprint density at radius 3 is 1.31 bits per heavy atom. The molecule has 0 radical (unpaired) electrons. The molecule has 0 aliphatic rings. The van der Waals surface area contributed by atoms with E-state index in [0.29, 0.717) is 46.0 Å². The lowest BCUT2D eigenvalue weighted by molar-refractivity contribution is 0.633. The molecule has 0 saturated heterocycles. The highest BCUT2D eigenvalue weighted by molar-refractivity contribution is 5.66. The van der Waals surface area contributed by atoms with Crippen LogP contribution in [0, 0.1) is 55.4 Å². The molecule has 0 spiro atoms. The zero-order chi connectivity index (χ0) is 30.3. The molecule has 0 saturated carbocycles. The number of hydrogen-bond acceptors (Lipinski definition) is 12. The summed E-state index contributed by atoms with van der Waals surface area (Å²) in [5, 5.41) is 40.4. The molecule has 0 aliphatic heterocycles. The summed E-state index contributed by atoms with van der Waals surface area (Å²) in [4.78, 5) is 8.67. The zero-order valence-electron chi connectivity index (χ0n) is 24.8. The van der Waals surface area contributed by atoms with E-state index in [1.165, 1.54) is 0 Å². The highest BCUT2D eigenvalue weighted by Crippen LogP contribution is 2.29. The van der Waals surface area contributed by atoms with Crippen molar-refractivity contribution in [2.24, 2.45) is 31.9 Å². The highest BCUT2D eigenvalue weighted by Gasteiger charge is 2.15. The van der Waals surface area contributed by atoms with Crippen molar-refractivity contribution in [3.05, 3.63) is 45.6 Å². The molecule has 6 N–H and O–H groups in total. The first-order valence-electron chi connectivity index (χ1n) is 13.2. The fraction of sp³-hybridized carbons (Fsp3) is 0.417. The number of aromatic amines is 2. The molecule has 220 valence electrons. The van der Waals surface area contributed by atoms with Crippen molar-refractivity contribution in [1.29, 1.82) is 0 Å². The van der Waals surface area contributed by atoms with E-state index in [4.69, 9.17) is 11.5 Å². The van der Waals surface area contributed by atoms with E-state index >= 15 is 0 Å². The Labute approximate surface area is 239 Å². The van der Waals surface area contributed by atoms with Gasteiger partial charge in [0.2, 0.25) is 11.3 Å². The summed E-state index contributed by atoms with van der Waals surface area (Å²) in [6.45, 7) is 15.7. The maximum Gasteiger partial charge on any atom is 0.203 e. The number of nitrogens with two attached hydrogens (primary N) is 2. The van der Waals surface area contributed by atoms with Crippen LogP contribution in [0.25, 0.3) is 11.3 Å². The number of H-pyrrole nitrogens is 2. The summed E-state index contributed by atoms with van der Waals surface area (Å²) in [7, 11) is 0. The number of aromatic nitrogens is 12. The second-order valence-electron chi connectivity index (χ2n) is 9.79. The minimum absolute atomic E-state index is 0.259. The SMILES string of the molecule is Cc1nc2c(N=Nc3c(C)c(C)nn3CN)c(C)[nH]n2n1.Cc1nc2c(N=Nc3c(C)c(C)nn3CN)c(C)[nH]n2n1. The predicted octanol–water partition coefficient (Wildman–Crippen LogP) is 3.64. The minimum atomic E-state index is 0.259. The van der Waals surface area contributed by atoms with Crippen molar-refractivity contribution in [2.45, 2.75) is 68.7 Å². The fourth-order valence-electron chi connectivity index (χ4n) is 4.31. The fourth-order valence-corrected chi connectivity index (χ4v) is 4.31. The molecule has 6 aromatic rings. The molecule has 0 aliphatic carbocycles. The molecule has 18 nitrogen and oxygen atoms in total. The van der Waals surface area contributed by atoms with Crippen LogP contribution in [0.3, 0.4) is 0 Å². The summed E-state index contributed by atoms with van der Waals surface area (Å²) < 4.78 is 6.44. The normalized spacial score (nSPS) is 12.0. The summed E-state index contributed by atoms with van der Waals surface area (Å²) >= 11 is 0. The standard InChI is InChI=1S/2C12H17N9/c2*1-6-7(2)17-20(5-13)11(6)16-15-10-8(3)18-21-12(10)14-9(4)19-21/h2*18H,5,13H2,1-4H3. The number of aryl methyl sites for hydroxylation is 6. The van der Waals surface area contributed by atoms with Gasteiger partial charge in [-0.05, 0) is 55.4 Å². The topological polar surface area (TPSA) is 229 Å². The van der Waals surface area contributed by atoms with Crippen LogP contribution in [0.15, 0.2) is 20.5 Å². The summed E-state index contributed by atoms with van der Waals surface area (Å²) in [5.74, 6) is 2.67. The quantitative estimate of drug-likeness (QED) is 0.214. The van der Waals surface area contributed by atoms with Gasteiger partial charge in [0.15, 0.2) is 23.0 Å². The summed E-state index contributed by atoms with van der Waals surface area (Å²) in [5.41, 5.74) is 19.4. The average Bonchev–Trinajstić information content (AvgIpc) is 3.74. The van der Waals surface area contributed by atoms with Crippen LogP contribution in [0.1, 0.15) is 45.6 Å². The van der Waals surface area contributed by atoms with Crippen LogP contribution in [0.5, 0.6) is 0 Å². The molecule has 0 unspecified atom stereocenters. The van der Waals surface area contributed by atoms with Crippen molar-refractivity contribution in [3.63, 3.8) is 0 Å². The lowest BCUT2D eigenvalue weighted by Crippen LogP contribution is -2.08. The summed E-state index contributed by atoms with van der Waals surface area (Å²) in [6, 6.07) is 0. The van der Waals surface area contributed by atoms with Gasteiger partial charge in [0.25, 0.3) is 0 Å². The van der Waals surface area contributed by atoms with Gasteiger partial charge < -0.3 is 11.5 Å². The number of fused-ring (bicyclic) bond motifs is 2. The Balaban J connectivity index is 0.000000168. The third kappa shape index (κ3) is 5.07. The molecule has 6 rings (SSSR count). The van der Waals surface area contributed by atoms with Crippen LogP contribution in [-0.2, 0) is 13.3 Å². The van der Waals surface area contributed by atoms with Gasteiger partial charge in [0, 0.05) is 11.1 Å². The zero-order valence-corrected chi connectivity index (χ0v) is 24.8. The van der Waals surface area contributed by atoms with Crippen molar-refractivity contribution >= 4 is 34.3 Å². The van der Waals surface area contributed by atoms with E-state index in [2.05, 4.69) is 61.0 Å². The van der Waals surface area contributed by atoms with Gasteiger partial charge in [-0.25, -0.2) is 19.3 Å². The van der Waals surface area contributed by atoms with Crippen LogP contribution < -0.4 is 11.5 Å². The van der Waals surface area contributed by atoms with Crippen molar-refractivity contribution < 1.29 is 0 Å². The summed E-state index contributed by atoms with van der Waals surface area (Å²) in [6.07, 6.45) is 0. The minimum Gasteiger partial charge on any atom is -0.312 e. The molecule has 42 heavy (non-hydrogen) atoms. The van der Waals surface area contributed by atoms with Gasteiger partial charge in [-0.1, -0.05) is 0 Å². The molecule has 0 amide bonds. The number of nitrogens with zero attached hydrogens (tertiary/aromatic N) is 14. The second-order valence-corrected chi connectivity index (χ2v) is 9.79. The van der Waals surface area contributed by atoms with E-state index in [-0.39, 0.29) is 13.3 Å². The van der Waals surface area contributed by atoms with E-state index in [1.54, 1.807) is 18.6 Å². The predicted molar refractivity (Wildman–Crippen MR) is 154 cm³/mol. The molecule has 0 fully saturated rings. The van der Waals surface area contributed by atoms with Gasteiger partial charge in [0.05, 0.1) is 36.1 Å². The van der Waals surface area contributed by atoms with Gasteiger partial charge in [-0.2, -0.15) is 19.5 Å². The molecule has 18 heteroatoms. The molecular formula is C24H34N18. The Hall–Kier alpha value is -5.10. The van der Waals surface area contributed by atoms with Crippen LogP contribution >= 0.6 is 0 Å². The van der Waals surface area contributed by atoms with Gasteiger partial charge >= 0.3 is 0 Å². The first kappa shape index (κ1) is 28.4. The molecule has 0 bridgehead atoms. The van der Waals surface area contributed by atoms with E-state index in [1.807, 2.05) is 55.4 Å². The first-order chi connectivity index (χ1) is 20.0. The third-order valence-corrected chi connectivity index (χ3v) is 6.73. The molecular weight excluding hydrogens is 540 g/mol. The average molecular weight is 575 g/mol. The molecule has 0 atom stereocenters. The Bertz CT molecular complexity index is 1810. The smallest absolute Gasteiger partial charge is 0.203 e. The van der Waals surface area contributed by atoms with E-state index < -0.39 is 0 Å². The number of hydrogen-bond donors (Lipinski definition) is 4. The Morgan fingerprint density at radius 2 is 0.952 bits per heavy atom. The van der Waals surface area contributed by atoms with Gasteiger partial charge in [0.1, 0.15) is 11.6 Å². The number of rotatable bonds is 6. The van der Waals surface area contributed by atoms with Gasteiger partial charge in [-0.15, -0.1) is 30.7 Å². The molecule has 6 heterocycles. The Kier molecular flexibility index (Phi) is 7.48. The van der Waals surface area contributed by atoms with Crippen molar-refractivity contribution in [2.75, 3.05) is 0 Å². The van der Waals surface area contributed by atoms with Crippen molar-refractivity contribution in [1.82, 2.24) is 59.2 Å². The molecule has 0 aromatic carbocycles. The van der Waals surface area contributed by atoms with E-state index in [9.17, 15) is 0 Å². The number of azo groups is 2. The van der Waals surface area contributed by atoms with Gasteiger partial charge in [-0.3, -0.25) is 10.2 Å². The monoisotopic (exact) mass is 574 g/mol. The number of nitrogens with one attached hydrogen (secondary N) is 2. The molecule has 6 aromatic heterocycles. The van der Waals surface area contributed by atoms with E-state index in [0.717, 1.165) is 33.9 Å². The maximum absolute atomic E-state index is 5.67. The van der Waals surface area contributed by atoms with Crippen LogP contribution in [0.4, 0.5) is 23.0 Å².